The van der Waals surface area contributed by atoms with E-state index in [-0.39, 0.29) is 18.9 Å². The second kappa shape index (κ2) is 12.1. The highest BCUT2D eigenvalue weighted by Gasteiger charge is 2.30. The molecule has 2 N–H and O–H groups in total. The van der Waals surface area contributed by atoms with Gasteiger partial charge in [0.15, 0.2) is 0 Å². The summed E-state index contributed by atoms with van der Waals surface area (Å²) in [6, 6.07) is 14.1. The molecule has 0 radical (unpaired) electrons. The summed E-state index contributed by atoms with van der Waals surface area (Å²) < 4.78 is 54.0. The minimum Gasteiger partial charge on any atom is -0.481 e. The van der Waals surface area contributed by atoms with Crippen molar-refractivity contribution in [1.82, 2.24) is 9.88 Å². The molecule has 0 aliphatic carbocycles. The number of carboxylic acid groups (broad SMARTS) is 1. The smallest absolute Gasteiger partial charge is 0.389 e. The number of rotatable bonds is 8. The molecule has 212 valence electrons. The van der Waals surface area contributed by atoms with Gasteiger partial charge in [-0.15, -0.1) is 0 Å². The summed E-state index contributed by atoms with van der Waals surface area (Å²) in [7, 11) is 0. The quantitative estimate of drug-likeness (QED) is 0.232. The average molecular weight is 558 g/mol. The number of aromatic nitrogens is 1. The number of aryl methyl sites for hydroxylation is 2. The molecule has 2 aromatic carbocycles. The van der Waals surface area contributed by atoms with Crippen molar-refractivity contribution in [1.29, 1.82) is 0 Å². The lowest BCUT2D eigenvalue weighted by molar-refractivity contribution is -0.143. The van der Waals surface area contributed by atoms with Gasteiger partial charge in [-0.25, -0.2) is 4.98 Å². The number of aliphatic carboxylic acids is 1. The number of carbonyl (C=O) groups excluding carboxylic acids is 1. The fraction of sp³-hybridized carbons (Fsp3) is 0.367. The second-order valence-electron chi connectivity index (χ2n) is 10.2. The van der Waals surface area contributed by atoms with Crippen molar-refractivity contribution in [3.05, 3.63) is 82.9 Å². The van der Waals surface area contributed by atoms with Crippen molar-refractivity contribution in [3.63, 3.8) is 0 Å². The maximum atomic E-state index is 14.4. The number of anilines is 1. The van der Waals surface area contributed by atoms with Crippen LogP contribution in [0.5, 0.6) is 0 Å². The van der Waals surface area contributed by atoms with Crippen LogP contribution < -0.4 is 5.32 Å². The second-order valence-corrected chi connectivity index (χ2v) is 10.2. The van der Waals surface area contributed by atoms with E-state index in [0.29, 0.717) is 58.6 Å². The highest BCUT2D eigenvalue weighted by atomic mass is 19.4. The largest absolute Gasteiger partial charge is 0.481 e. The molecule has 6 nitrogen and oxygen atoms in total. The Hall–Kier alpha value is -3.95. The van der Waals surface area contributed by atoms with E-state index < -0.39 is 36.5 Å². The third-order valence-electron chi connectivity index (χ3n) is 7.19. The van der Waals surface area contributed by atoms with Crippen molar-refractivity contribution < 1.29 is 32.3 Å². The molecule has 10 heteroatoms. The van der Waals surface area contributed by atoms with Crippen molar-refractivity contribution in [2.75, 3.05) is 18.4 Å². The van der Waals surface area contributed by atoms with Crippen LogP contribution in [0.3, 0.4) is 0 Å². The molecule has 1 aliphatic heterocycles. The van der Waals surface area contributed by atoms with Gasteiger partial charge in [0.25, 0.3) is 5.91 Å². The van der Waals surface area contributed by atoms with Crippen LogP contribution in [-0.2, 0) is 4.79 Å². The maximum Gasteiger partial charge on any atom is 0.389 e. The van der Waals surface area contributed by atoms with Gasteiger partial charge >= 0.3 is 12.1 Å². The Morgan fingerprint density at radius 1 is 1.10 bits per heavy atom. The Morgan fingerprint density at radius 3 is 2.45 bits per heavy atom. The van der Waals surface area contributed by atoms with Crippen LogP contribution in [0.1, 0.15) is 58.9 Å². The molecule has 2 heterocycles. The number of likely N-dealkylation sites (tertiary alicyclic amines) is 1. The van der Waals surface area contributed by atoms with Gasteiger partial charge in [0.05, 0.1) is 12.0 Å². The number of hydrogen-bond donors (Lipinski definition) is 2. The van der Waals surface area contributed by atoms with Crippen molar-refractivity contribution in [2.24, 2.45) is 5.92 Å². The van der Waals surface area contributed by atoms with Gasteiger partial charge in [0.2, 0.25) is 5.95 Å². The van der Waals surface area contributed by atoms with Crippen LogP contribution in [0.25, 0.3) is 11.1 Å². The van der Waals surface area contributed by atoms with Gasteiger partial charge in [-0.05, 0) is 86.2 Å². The van der Waals surface area contributed by atoms with Crippen LogP contribution in [-0.4, -0.2) is 46.1 Å². The van der Waals surface area contributed by atoms with Crippen LogP contribution in [0.2, 0.25) is 0 Å². The SMILES string of the molecule is Cc1ccc(-c2ccc(C(CCC(F)(F)F)Nc3ccc(C(=O)N4CCC[C@@H](C(=O)O)C4)cc3)c(C)c2)c(F)n1. The van der Waals surface area contributed by atoms with Crippen LogP contribution >= 0.6 is 0 Å². The summed E-state index contributed by atoms with van der Waals surface area (Å²) in [6.45, 7) is 4.07. The number of carbonyl (C=O) groups is 2. The molecular weight excluding hydrogens is 526 g/mol. The molecule has 2 atom stereocenters. The zero-order valence-electron chi connectivity index (χ0n) is 22.3. The summed E-state index contributed by atoms with van der Waals surface area (Å²) in [5, 5.41) is 12.5. The molecule has 40 heavy (non-hydrogen) atoms. The van der Waals surface area contributed by atoms with Gasteiger partial charge in [-0.2, -0.15) is 17.6 Å². The van der Waals surface area contributed by atoms with E-state index in [9.17, 15) is 32.3 Å². The molecule has 1 amide bonds. The van der Waals surface area contributed by atoms with E-state index >= 15 is 0 Å². The van der Waals surface area contributed by atoms with E-state index in [4.69, 9.17) is 0 Å². The summed E-state index contributed by atoms with van der Waals surface area (Å²) in [5.74, 6) is -2.42. The number of hydrogen-bond acceptors (Lipinski definition) is 4. The molecule has 1 fully saturated rings. The molecule has 4 rings (SSSR count). The van der Waals surface area contributed by atoms with Crippen LogP contribution in [0, 0.1) is 25.7 Å². The Labute approximate surface area is 230 Å². The lowest BCUT2D eigenvalue weighted by Gasteiger charge is -2.30. The minimum absolute atomic E-state index is 0.144. The monoisotopic (exact) mass is 557 g/mol. The van der Waals surface area contributed by atoms with Crippen molar-refractivity contribution in [2.45, 2.75) is 51.7 Å². The number of halogens is 4. The highest BCUT2D eigenvalue weighted by molar-refractivity contribution is 5.95. The maximum absolute atomic E-state index is 14.4. The Morgan fingerprint density at radius 2 is 1.82 bits per heavy atom. The first-order chi connectivity index (χ1) is 18.9. The first-order valence-corrected chi connectivity index (χ1v) is 13.1. The van der Waals surface area contributed by atoms with E-state index in [0.717, 1.165) is 0 Å². The number of pyridine rings is 1. The number of benzene rings is 2. The molecule has 1 unspecified atom stereocenters. The summed E-state index contributed by atoms with van der Waals surface area (Å²) in [4.78, 5) is 29.6. The molecule has 1 aliphatic rings. The zero-order chi connectivity index (χ0) is 29.0. The third kappa shape index (κ3) is 7.16. The third-order valence-corrected chi connectivity index (χ3v) is 7.19. The number of carboxylic acids is 1. The topological polar surface area (TPSA) is 82.5 Å². The number of amides is 1. The van der Waals surface area contributed by atoms with Gasteiger partial charge in [-0.1, -0.05) is 18.2 Å². The molecule has 1 aromatic heterocycles. The molecule has 0 saturated carbocycles. The lowest BCUT2D eigenvalue weighted by atomic mass is 9.93. The zero-order valence-corrected chi connectivity index (χ0v) is 22.3. The van der Waals surface area contributed by atoms with Crippen molar-refractivity contribution >= 4 is 17.6 Å². The standard InChI is InChI=1S/C30H31F4N3O3/c1-18-16-21(25-11-5-19(2)35-27(25)31)8-12-24(18)26(13-14-30(32,33)34)36-23-9-6-20(7-10-23)28(38)37-15-3-4-22(17-37)29(39)40/h5-12,16,22,26,36H,3-4,13-15,17H2,1-2H3,(H,39,40)/t22-,26?/m1/s1. The predicted octanol–water partition coefficient (Wildman–Crippen LogP) is 6.94. The van der Waals surface area contributed by atoms with E-state index in [1.54, 1.807) is 68.4 Å². The normalized spacial score (nSPS) is 16.4. The molecule has 0 spiro atoms. The average Bonchev–Trinajstić information content (AvgIpc) is 2.91. The number of piperidine rings is 1. The van der Waals surface area contributed by atoms with E-state index in [1.807, 2.05) is 0 Å². The van der Waals surface area contributed by atoms with Gasteiger partial charge in [-0.3, -0.25) is 9.59 Å². The highest BCUT2D eigenvalue weighted by Crippen LogP contribution is 2.34. The Bertz CT molecular complexity index is 1380. The van der Waals surface area contributed by atoms with Crippen LogP contribution in [0.4, 0.5) is 23.2 Å². The molecule has 1 saturated heterocycles. The Kier molecular flexibility index (Phi) is 8.76. The summed E-state index contributed by atoms with van der Waals surface area (Å²) in [6.07, 6.45) is -4.44. The summed E-state index contributed by atoms with van der Waals surface area (Å²) in [5.41, 5.74) is 3.67. The fourth-order valence-electron chi connectivity index (χ4n) is 5.04. The number of nitrogens with zero attached hydrogens (tertiary/aromatic N) is 2. The molecule has 0 bridgehead atoms. The van der Waals surface area contributed by atoms with Crippen LogP contribution in [0.15, 0.2) is 54.6 Å². The van der Waals surface area contributed by atoms with E-state index in [2.05, 4.69) is 10.3 Å². The summed E-state index contributed by atoms with van der Waals surface area (Å²) >= 11 is 0. The van der Waals surface area contributed by atoms with Gasteiger partial charge in [0, 0.05) is 42.0 Å². The molecular formula is C30H31F4N3O3. The van der Waals surface area contributed by atoms with Gasteiger partial charge in [0.1, 0.15) is 0 Å². The first kappa shape index (κ1) is 29.0. The first-order valence-electron chi connectivity index (χ1n) is 13.1. The number of nitrogens with one attached hydrogen (secondary N) is 1. The predicted molar refractivity (Wildman–Crippen MR) is 143 cm³/mol. The van der Waals surface area contributed by atoms with Crippen molar-refractivity contribution in [3.8, 4) is 11.1 Å². The molecule has 3 aromatic rings. The minimum atomic E-state index is -4.34. The fourth-order valence-corrected chi connectivity index (χ4v) is 5.04. The number of alkyl halides is 3. The lowest BCUT2D eigenvalue weighted by Crippen LogP contribution is -2.42. The van der Waals surface area contributed by atoms with E-state index in [1.165, 1.54) is 4.90 Å². The Balaban J connectivity index is 1.54. The van der Waals surface area contributed by atoms with Gasteiger partial charge < -0.3 is 15.3 Å².